The fourth-order valence-electron chi connectivity index (χ4n) is 0.986. The van der Waals surface area contributed by atoms with E-state index in [1.165, 1.54) is 0 Å². The Labute approximate surface area is 72.3 Å². The van der Waals surface area contributed by atoms with Crippen LogP contribution in [-0.4, -0.2) is 11.7 Å². The first kappa shape index (κ1) is 8.81. The van der Waals surface area contributed by atoms with Crippen LogP contribution < -0.4 is 5.73 Å². The number of hydrogen-bond donors (Lipinski definition) is 2. The van der Waals surface area contributed by atoms with Gasteiger partial charge in [0.05, 0.1) is 0 Å². The molecule has 0 aliphatic rings. The van der Waals surface area contributed by atoms with Gasteiger partial charge in [0.2, 0.25) is 0 Å². The molecule has 0 amide bonds. The lowest BCUT2D eigenvalue weighted by atomic mass is 10.1. The van der Waals surface area contributed by atoms with Gasteiger partial charge in [-0.05, 0) is 30.2 Å². The van der Waals surface area contributed by atoms with E-state index in [1.54, 1.807) is 6.07 Å². The molecule has 3 N–H and O–H groups in total. The summed E-state index contributed by atoms with van der Waals surface area (Å²) in [5, 5.41) is 9.22. The van der Waals surface area contributed by atoms with Crippen LogP contribution in [0.4, 0.5) is 0 Å². The molecule has 2 nitrogen and oxygen atoms in total. The van der Waals surface area contributed by atoms with Gasteiger partial charge in [-0.3, -0.25) is 0 Å². The van der Waals surface area contributed by atoms with Gasteiger partial charge >= 0.3 is 0 Å². The number of hydrogen-bond acceptors (Lipinski definition) is 2. The van der Waals surface area contributed by atoms with Crippen LogP contribution in [-0.2, 0) is 0 Å². The average Bonchev–Trinajstić information content (AvgIpc) is 2.07. The maximum atomic E-state index is 9.22. The van der Waals surface area contributed by atoms with Gasteiger partial charge in [-0.25, -0.2) is 0 Å². The molecule has 0 fully saturated rings. The van der Waals surface area contributed by atoms with Gasteiger partial charge < -0.3 is 10.8 Å². The Kier molecular flexibility index (Phi) is 2.88. The quantitative estimate of drug-likeness (QED) is 0.696. The molecule has 0 bridgehead atoms. The minimum Gasteiger partial charge on any atom is -0.508 e. The van der Waals surface area contributed by atoms with E-state index in [1.807, 2.05) is 31.2 Å². The molecule has 0 saturated heterocycles. The van der Waals surface area contributed by atoms with E-state index < -0.39 is 0 Å². The Balaban J connectivity index is 2.89. The van der Waals surface area contributed by atoms with E-state index in [0.29, 0.717) is 12.3 Å². The predicted octanol–water partition coefficient (Wildman–Crippen LogP) is 1.67. The Hall–Kier alpha value is -1.28. The highest BCUT2D eigenvalue weighted by Gasteiger charge is 1.93. The molecule has 12 heavy (non-hydrogen) atoms. The van der Waals surface area contributed by atoms with Crippen LogP contribution in [0.5, 0.6) is 5.75 Å². The molecule has 0 aromatic heterocycles. The fraction of sp³-hybridized carbons (Fsp3) is 0.200. The Bertz CT molecular complexity index is 292. The maximum Gasteiger partial charge on any atom is 0.118 e. The molecule has 0 heterocycles. The first-order valence-corrected chi connectivity index (χ1v) is 3.90. The lowest BCUT2D eigenvalue weighted by molar-refractivity contribution is 0.471. The van der Waals surface area contributed by atoms with Crippen molar-refractivity contribution in [1.82, 2.24) is 0 Å². The van der Waals surface area contributed by atoms with Crippen molar-refractivity contribution in [2.45, 2.75) is 6.92 Å². The molecule has 1 aromatic carbocycles. The molecule has 0 aliphatic heterocycles. The third-order valence-electron chi connectivity index (χ3n) is 1.67. The second-order valence-corrected chi connectivity index (χ2v) is 2.68. The minimum absolute atomic E-state index is 0.333. The molecule has 0 radical (unpaired) electrons. The number of benzene rings is 1. The van der Waals surface area contributed by atoms with Crippen molar-refractivity contribution < 1.29 is 5.11 Å². The third-order valence-corrected chi connectivity index (χ3v) is 1.67. The van der Waals surface area contributed by atoms with E-state index in [2.05, 4.69) is 0 Å². The van der Waals surface area contributed by atoms with Crippen LogP contribution in [0.2, 0.25) is 0 Å². The summed E-state index contributed by atoms with van der Waals surface area (Å²) in [5.74, 6) is 0.333. The molecule has 1 rings (SSSR count). The summed E-state index contributed by atoms with van der Waals surface area (Å²) < 4.78 is 0. The van der Waals surface area contributed by atoms with Crippen molar-refractivity contribution in [3.05, 3.63) is 35.4 Å². The summed E-state index contributed by atoms with van der Waals surface area (Å²) in [6, 6.07) is 5.46. The number of phenolic OH excluding ortho intramolecular Hbond substituents is 1. The molecule has 0 saturated carbocycles. The monoisotopic (exact) mass is 163 g/mol. The largest absolute Gasteiger partial charge is 0.508 e. The number of phenols is 1. The number of rotatable bonds is 2. The highest BCUT2D eigenvalue weighted by Crippen LogP contribution is 2.17. The summed E-state index contributed by atoms with van der Waals surface area (Å²) in [4.78, 5) is 0. The SMILES string of the molecule is Cc1cc(/C=C/CN)ccc1O. The molecule has 0 unspecified atom stereocenters. The fourth-order valence-corrected chi connectivity index (χ4v) is 0.986. The Morgan fingerprint density at radius 3 is 2.83 bits per heavy atom. The summed E-state index contributed by atoms with van der Waals surface area (Å²) in [6.45, 7) is 2.41. The van der Waals surface area contributed by atoms with Crippen molar-refractivity contribution >= 4 is 6.08 Å². The van der Waals surface area contributed by atoms with Crippen molar-refractivity contribution in [2.24, 2.45) is 5.73 Å². The normalized spacial score (nSPS) is 10.8. The van der Waals surface area contributed by atoms with Crippen LogP contribution >= 0.6 is 0 Å². The third kappa shape index (κ3) is 2.10. The first-order chi connectivity index (χ1) is 5.74. The van der Waals surface area contributed by atoms with Crippen LogP contribution in [0.1, 0.15) is 11.1 Å². The molecular weight excluding hydrogens is 150 g/mol. The van der Waals surface area contributed by atoms with Gasteiger partial charge in [0.1, 0.15) is 5.75 Å². The topological polar surface area (TPSA) is 46.2 Å². The molecule has 1 aromatic rings. The van der Waals surface area contributed by atoms with E-state index in [-0.39, 0.29) is 0 Å². The van der Waals surface area contributed by atoms with Gasteiger partial charge in [-0.2, -0.15) is 0 Å². The average molecular weight is 163 g/mol. The van der Waals surface area contributed by atoms with E-state index in [4.69, 9.17) is 5.73 Å². The zero-order valence-corrected chi connectivity index (χ0v) is 7.12. The lowest BCUT2D eigenvalue weighted by Crippen LogP contribution is -1.91. The zero-order valence-electron chi connectivity index (χ0n) is 7.12. The zero-order chi connectivity index (χ0) is 8.97. The van der Waals surface area contributed by atoms with E-state index >= 15 is 0 Å². The van der Waals surface area contributed by atoms with Crippen molar-refractivity contribution in [2.75, 3.05) is 6.54 Å². The smallest absolute Gasteiger partial charge is 0.118 e. The highest BCUT2D eigenvalue weighted by atomic mass is 16.3. The predicted molar refractivity (Wildman–Crippen MR) is 50.9 cm³/mol. The van der Waals surface area contributed by atoms with Crippen molar-refractivity contribution in [3.63, 3.8) is 0 Å². The maximum absolute atomic E-state index is 9.22. The van der Waals surface area contributed by atoms with Gasteiger partial charge in [0.25, 0.3) is 0 Å². The van der Waals surface area contributed by atoms with Gasteiger partial charge in [0.15, 0.2) is 0 Å². The first-order valence-electron chi connectivity index (χ1n) is 3.90. The highest BCUT2D eigenvalue weighted by molar-refractivity contribution is 5.52. The molecule has 0 atom stereocenters. The summed E-state index contributed by atoms with van der Waals surface area (Å²) in [5.41, 5.74) is 7.26. The van der Waals surface area contributed by atoms with Crippen LogP contribution in [0.25, 0.3) is 6.08 Å². The van der Waals surface area contributed by atoms with Crippen LogP contribution in [0.3, 0.4) is 0 Å². The summed E-state index contributed by atoms with van der Waals surface area (Å²) in [6.07, 6.45) is 3.82. The number of nitrogens with two attached hydrogens (primary N) is 1. The lowest BCUT2D eigenvalue weighted by Gasteiger charge is -1.98. The van der Waals surface area contributed by atoms with Gasteiger partial charge in [0, 0.05) is 6.54 Å². The Morgan fingerprint density at radius 1 is 1.50 bits per heavy atom. The number of aromatic hydroxyl groups is 1. The van der Waals surface area contributed by atoms with Crippen molar-refractivity contribution in [1.29, 1.82) is 0 Å². The van der Waals surface area contributed by atoms with Crippen molar-refractivity contribution in [3.8, 4) is 5.75 Å². The Morgan fingerprint density at radius 2 is 2.25 bits per heavy atom. The molecule has 0 aliphatic carbocycles. The van der Waals surface area contributed by atoms with Gasteiger partial charge in [-0.15, -0.1) is 0 Å². The van der Waals surface area contributed by atoms with E-state index in [9.17, 15) is 5.11 Å². The van der Waals surface area contributed by atoms with Crippen LogP contribution in [0, 0.1) is 6.92 Å². The second-order valence-electron chi connectivity index (χ2n) is 2.68. The van der Waals surface area contributed by atoms with Crippen LogP contribution in [0.15, 0.2) is 24.3 Å². The second kappa shape index (κ2) is 3.93. The molecule has 64 valence electrons. The number of aryl methyl sites for hydroxylation is 1. The minimum atomic E-state index is 0.333. The summed E-state index contributed by atoms with van der Waals surface area (Å²) >= 11 is 0. The molecule has 2 heteroatoms. The van der Waals surface area contributed by atoms with E-state index in [0.717, 1.165) is 11.1 Å². The van der Waals surface area contributed by atoms with Gasteiger partial charge in [-0.1, -0.05) is 18.2 Å². The summed E-state index contributed by atoms with van der Waals surface area (Å²) in [7, 11) is 0. The molecule has 0 spiro atoms. The standard InChI is InChI=1S/C10H13NO/c1-8-7-9(3-2-6-11)4-5-10(8)12/h2-5,7,12H,6,11H2,1H3/b3-2+. The molecular formula is C10H13NO.